The third-order valence-electron chi connectivity index (χ3n) is 5.09. The number of hydrogen-bond donors (Lipinski definition) is 2. The molecule has 3 aromatic rings. The fourth-order valence-electron chi connectivity index (χ4n) is 3.70. The van der Waals surface area contributed by atoms with Crippen LogP contribution in [0.5, 0.6) is 11.5 Å². The number of aliphatic imine (C=N–C) groups is 1. The van der Waals surface area contributed by atoms with Crippen LogP contribution in [0.15, 0.2) is 71.7 Å². The van der Waals surface area contributed by atoms with Gasteiger partial charge in [0.15, 0.2) is 5.75 Å². The third kappa shape index (κ3) is 3.90. The highest BCUT2D eigenvalue weighted by atomic mass is 19.1. The summed E-state index contributed by atoms with van der Waals surface area (Å²) >= 11 is 0. The lowest BCUT2D eigenvalue weighted by atomic mass is 9.88. The molecule has 0 radical (unpaired) electrons. The number of benzene rings is 3. The highest BCUT2D eigenvalue weighted by molar-refractivity contribution is 5.99. The zero-order valence-electron chi connectivity index (χ0n) is 17.2. The molecule has 0 fully saturated rings. The Morgan fingerprint density at radius 3 is 2.56 bits per heavy atom. The molecule has 8 heteroatoms. The van der Waals surface area contributed by atoms with Gasteiger partial charge in [0.25, 0.3) is 0 Å². The summed E-state index contributed by atoms with van der Waals surface area (Å²) in [5.41, 5.74) is 2.15. The van der Waals surface area contributed by atoms with Gasteiger partial charge in [0.2, 0.25) is 5.75 Å². The molecule has 7 nitrogen and oxygen atoms in total. The van der Waals surface area contributed by atoms with E-state index in [1.54, 1.807) is 25.1 Å². The monoisotopic (exact) mass is 433 g/mol. The average Bonchev–Trinajstić information content (AvgIpc) is 2.81. The first-order chi connectivity index (χ1) is 15.5. The Bertz CT molecular complexity index is 1230. The van der Waals surface area contributed by atoms with Crippen molar-refractivity contribution >= 4 is 23.3 Å². The zero-order chi connectivity index (χ0) is 22.7. The Balaban J connectivity index is 1.98. The van der Waals surface area contributed by atoms with Crippen LogP contribution < -0.4 is 10.1 Å². The molecule has 0 amide bonds. The normalized spacial score (nSPS) is 15.4. The molecule has 1 unspecified atom stereocenters. The van der Waals surface area contributed by atoms with Crippen molar-refractivity contribution in [3.05, 3.63) is 99.4 Å². The Morgan fingerprint density at radius 2 is 1.88 bits per heavy atom. The van der Waals surface area contributed by atoms with E-state index in [9.17, 15) is 19.6 Å². The molecule has 2 N–H and O–H groups in total. The van der Waals surface area contributed by atoms with Crippen molar-refractivity contribution < 1.29 is 19.2 Å². The fourth-order valence-corrected chi connectivity index (χ4v) is 3.70. The van der Waals surface area contributed by atoms with Crippen molar-refractivity contribution in [2.24, 2.45) is 4.99 Å². The molecule has 0 aromatic heterocycles. The Kier molecular flexibility index (Phi) is 5.85. The maximum Gasteiger partial charge on any atom is 0.315 e. The maximum atomic E-state index is 14.9. The minimum atomic E-state index is -0.776. The smallest absolute Gasteiger partial charge is 0.315 e. The van der Waals surface area contributed by atoms with Crippen LogP contribution in [0.4, 0.5) is 10.1 Å². The Morgan fingerprint density at radius 1 is 1.16 bits per heavy atom. The molecule has 1 heterocycles. The van der Waals surface area contributed by atoms with Crippen LogP contribution in [0.1, 0.15) is 29.7 Å². The molecule has 1 aliphatic rings. The number of ether oxygens (including phenoxy) is 1. The fraction of sp³-hybridized carbons (Fsp3) is 0.125. The average molecular weight is 433 g/mol. The molecule has 162 valence electrons. The number of nitro groups is 1. The third-order valence-corrected chi connectivity index (χ3v) is 5.09. The largest absolute Gasteiger partial charge is 0.500 e. The standard InChI is InChI=1S/C24H20FN3O4/c1-2-32-20-13-16(12-19(24(20)29)28(30)31)23-21(17-10-6-7-11-18(17)25)22(26-14-27-23)15-8-4-3-5-9-15/h3-14,23,29H,2H2,1H3,(H,26,27). The van der Waals surface area contributed by atoms with E-state index >= 15 is 0 Å². The summed E-state index contributed by atoms with van der Waals surface area (Å²) in [6.45, 7) is 1.91. The number of aromatic hydroxyl groups is 1. The van der Waals surface area contributed by atoms with Gasteiger partial charge in [0, 0.05) is 17.2 Å². The number of nitrogens with one attached hydrogen (secondary N) is 1. The van der Waals surface area contributed by atoms with Crippen molar-refractivity contribution in [3.63, 3.8) is 0 Å². The molecular weight excluding hydrogens is 413 g/mol. The summed E-state index contributed by atoms with van der Waals surface area (Å²) in [4.78, 5) is 15.4. The van der Waals surface area contributed by atoms with E-state index in [1.807, 2.05) is 30.3 Å². The summed E-state index contributed by atoms with van der Waals surface area (Å²) in [5.74, 6) is -1.03. The van der Waals surface area contributed by atoms with Crippen LogP contribution in [0.25, 0.3) is 11.3 Å². The molecule has 1 atom stereocenters. The summed E-state index contributed by atoms with van der Waals surface area (Å²) in [5, 5.41) is 25.0. The second kappa shape index (κ2) is 8.89. The number of nitro benzene ring substituents is 1. The number of halogens is 1. The van der Waals surface area contributed by atoms with Crippen molar-refractivity contribution in [2.75, 3.05) is 6.61 Å². The number of hydrogen-bond acceptors (Lipinski definition) is 6. The highest BCUT2D eigenvalue weighted by Gasteiger charge is 2.30. The van der Waals surface area contributed by atoms with Crippen LogP contribution in [-0.4, -0.2) is 23.0 Å². The minimum Gasteiger partial charge on any atom is -0.500 e. The van der Waals surface area contributed by atoms with Crippen molar-refractivity contribution in [1.29, 1.82) is 0 Å². The Labute approximate surface area is 183 Å². The zero-order valence-corrected chi connectivity index (χ0v) is 17.2. The van der Waals surface area contributed by atoms with E-state index < -0.39 is 28.2 Å². The van der Waals surface area contributed by atoms with Crippen molar-refractivity contribution in [3.8, 4) is 11.5 Å². The van der Waals surface area contributed by atoms with Gasteiger partial charge >= 0.3 is 5.69 Å². The second-order valence-electron chi connectivity index (χ2n) is 7.04. The van der Waals surface area contributed by atoms with Crippen molar-refractivity contribution in [1.82, 2.24) is 5.32 Å². The van der Waals surface area contributed by atoms with E-state index in [1.165, 1.54) is 24.5 Å². The molecule has 1 aliphatic heterocycles. The van der Waals surface area contributed by atoms with Crippen LogP contribution >= 0.6 is 0 Å². The first-order valence-corrected chi connectivity index (χ1v) is 9.98. The van der Waals surface area contributed by atoms with Gasteiger partial charge in [-0.25, -0.2) is 4.39 Å². The van der Waals surface area contributed by atoms with Gasteiger partial charge in [-0.15, -0.1) is 0 Å². The van der Waals surface area contributed by atoms with E-state index in [0.29, 0.717) is 22.4 Å². The predicted octanol–water partition coefficient (Wildman–Crippen LogP) is 5.08. The SMILES string of the molecule is CCOc1cc(C2N=CNC(c3ccccc3)=C2c2ccccc2F)cc([N+](=O)[O-])c1O. The number of rotatable bonds is 6. The predicted molar refractivity (Wildman–Crippen MR) is 120 cm³/mol. The Hall–Kier alpha value is -4.20. The van der Waals surface area contributed by atoms with E-state index in [0.717, 1.165) is 5.56 Å². The highest BCUT2D eigenvalue weighted by Crippen LogP contribution is 2.45. The van der Waals surface area contributed by atoms with Gasteiger partial charge < -0.3 is 15.2 Å². The lowest BCUT2D eigenvalue weighted by Crippen LogP contribution is -2.20. The maximum absolute atomic E-state index is 14.9. The summed E-state index contributed by atoms with van der Waals surface area (Å²) < 4.78 is 20.4. The summed E-state index contributed by atoms with van der Waals surface area (Å²) in [6, 6.07) is 17.6. The summed E-state index contributed by atoms with van der Waals surface area (Å²) in [7, 11) is 0. The van der Waals surface area contributed by atoms with Crippen LogP contribution in [-0.2, 0) is 0 Å². The molecule has 32 heavy (non-hydrogen) atoms. The topological polar surface area (TPSA) is 97.0 Å². The lowest BCUT2D eigenvalue weighted by Gasteiger charge is -2.26. The first-order valence-electron chi connectivity index (χ1n) is 9.98. The van der Waals surface area contributed by atoms with Crippen LogP contribution in [0, 0.1) is 15.9 Å². The van der Waals surface area contributed by atoms with Gasteiger partial charge in [-0.3, -0.25) is 15.1 Å². The second-order valence-corrected chi connectivity index (χ2v) is 7.04. The number of nitrogens with zero attached hydrogens (tertiary/aromatic N) is 2. The van der Waals surface area contributed by atoms with Gasteiger partial charge in [-0.2, -0.15) is 0 Å². The van der Waals surface area contributed by atoms with E-state index in [4.69, 9.17) is 4.74 Å². The van der Waals surface area contributed by atoms with Gasteiger partial charge in [-0.1, -0.05) is 48.5 Å². The van der Waals surface area contributed by atoms with Crippen LogP contribution in [0.2, 0.25) is 0 Å². The van der Waals surface area contributed by atoms with Gasteiger partial charge in [0.05, 0.1) is 23.6 Å². The first kappa shape index (κ1) is 21.0. The lowest BCUT2D eigenvalue weighted by molar-refractivity contribution is -0.386. The molecule has 0 aliphatic carbocycles. The quantitative estimate of drug-likeness (QED) is 0.417. The number of phenols is 1. The molecule has 3 aromatic carbocycles. The van der Waals surface area contributed by atoms with Gasteiger partial charge in [-0.05, 0) is 30.2 Å². The van der Waals surface area contributed by atoms with E-state index in [2.05, 4.69) is 10.3 Å². The molecular formula is C24H20FN3O4. The number of phenolic OH excluding ortho intramolecular Hbond substituents is 1. The van der Waals surface area contributed by atoms with Crippen LogP contribution in [0.3, 0.4) is 0 Å². The minimum absolute atomic E-state index is 0.0282. The molecule has 4 rings (SSSR count). The molecule has 0 spiro atoms. The van der Waals surface area contributed by atoms with Crippen molar-refractivity contribution in [2.45, 2.75) is 13.0 Å². The molecule has 0 bridgehead atoms. The molecule has 0 saturated heterocycles. The molecule has 0 saturated carbocycles. The van der Waals surface area contributed by atoms with Gasteiger partial charge in [0.1, 0.15) is 11.9 Å². The summed E-state index contributed by atoms with van der Waals surface area (Å²) in [6.07, 6.45) is 1.48. The van der Waals surface area contributed by atoms with E-state index in [-0.39, 0.29) is 12.4 Å².